The first-order valence-corrected chi connectivity index (χ1v) is 7.79. The van der Waals surface area contributed by atoms with E-state index in [-0.39, 0.29) is 16.3 Å². The van der Waals surface area contributed by atoms with Crippen molar-refractivity contribution in [3.63, 3.8) is 0 Å². The minimum Gasteiger partial charge on any atom is -0.494 e. The van der Waals surface area contributed by atoms with Crippen LogP contribution in [0.1, 0.15) is 11.3 Å². The number of aryl methyl sites for hydroxylation is 1. The Labute approximate surface area is 120 Å². The van der Waals surface area contributed by atoms with Crippen molar-refractivity contribution in [3.8, 4) is 17.5 Å². The van der Waals surface area contributed by atoms with Gasteiger partial charge in [0.15, 0.2) is 5.03 Å². The Balaban J connectivity index is 2.86. The van der Waals surface area contributed by atoms with E-state index in [0.29, 0.717) is 11.4 Å². The zero-order valence-electron chi connectivity index (χ0n) is 10.7. The molecule has 0 bridgehead atoms. The number of rotatable bonds is 3. The molecule has 0 fully saturated rings. The summed E-state index contributed by atoms with van der Waals surface area (Å²) < 4.78 is 29.7. The molecule has 2 rings (SSSR count). The third kappa shape index (κ3) is 2.35. The molecule has 0 amide bonds. The molecular weight excluding hydrogens is 302 g/mol. The van der Waals surface area contributed by atoms with Gasteiger partial charge in [0, 0.05) is 10.7 Å². The van der Waals surface area contributed by atoms with Gasteiger partial charge in [-0.15, -0.1) is 0 Å². The van der Waals surface area contributed by atoms with Crippen molar-refractivity contribution < 1.29 is 13.2 Å². The summed E-state index contributed by atoms with van der Waals surface area (Å²) in [6.45, 7) is 1.54. The molecule has 0 saturated carbocycles. The van der Waals surface area contributed by atoms with Crippen LogP contribution in [-0.4, -0.2) is 25.3 Å². The first kappa shape index (κ1) is 14.4. The van der Waals surface area contributed by atoms with E-state index < -0.39 is 9.05 Å². The van der Waals surface area contributed by atoms with Gasteiger partial charge in [0.2, 0.25) is 0 Å². The van der Waals surface area contributed by atoms with Gasteiger partial charge in [-0.3, -0.25) is 0 Å². The Hall–Kier alpha value is -2.04. The molecule has 6 nitrogen and oxygen atoms in total. The Bertz CT molecular complexity index is 806. The van der Waals surface area contributed by atoms with Crippen LogP contribution in [0.15, 0.2) is 29.3 Å². The van der Waals surface area contributed by atoms with E-state index in [1.54, 1.807) is 24.3 Å². The molecule has 8 heteroatoms. The van der Waals surface area contributed by atoms with Gasteiger partial charge in [0.05, 0.1) is 12.8 Å². The van der Waals surface area contributed by atoms with Crippen molar-refractivity contribution in [1.29, 1.82) is 5.26 Å². The van der Waals surface area contributed by atoms with Gasteiger partial charge in [0.25, 0.3) is 9.05 Å². The molecule has 0 unspecified atom stereocenters. The highest BCUT2D eigenvalue weighted by atomic mass is 35.7. The summed E-state index contributed by atoms with van der Waals surface area (Å²) in [5.74, 6) is 0.418. The number of nitriles is 1. The number of benzene rings is 1. The minimum absolute atomic E-state index is 0.0779. The molecule has 0 aliphatic rings. The fourth-order valence-electron chi connectivity index (χ4n) is 1.83. The van der Waals surface area contributed by atoms with Crippen molar-refractivity contribution in [2.24, 2.45) is 0 Å². The van der Waals surface area contributed by atoms with Gasteiger partial charge in [-0.1, -0.05) is 12.1 Å². The molecule has 0 saturated heterocycles. The zero-order chi connectivity index (χ0) is 14.9. The summed E-state index contributed by atoms with van der Waals surface area (Å²) in [7, 11) is 2.75. The zero-order valence-corrected chi connectivity index (χ0v) is 12.2. The van der Waals surface area contributed by atoms with E-state index in [4.69, 9.17) is 20.7 Å². The highest BCUT2D eigenvalue weighted by Gasteiger charge is 2.27. The van der Waals surface area contributed by atoms with E-state index in [1.165, 1.54) is 14.0 Å². The highest BCUT2D eigenvalue weighted by molar-refractivity contribution is 8.13. The van der Waals surface area contributed by atoms with Crippen molar-refractivity contribution >= 4 is 19.7 Å². The van der Waals surface area contributed by atoms with E-state index in [2.05, 4.69) is 5.10 Å². The molecule has 104 valence electrons. The van der Waals surface area contributed by atoms with Gasteiger partial charge in [-0.05, 0) is 19.1 Å². The van der Waals surface area contributed by atoms with Crippen molar-refractivity contribution in [2.75, 3.05) is 7.11 Å². The lowest BCUT2D eigenvalue weighted by Gasteiger charge is -2.09. The Morgan fingerprint density at radius 3 is 2.60 bits per heavy atom. The van der Waals surface area contributed by atoms with Crippen LogP contribution in [0.5, 0.6) is 5.75 Å². The highest BCUT2D eigenvalue weighted by Crippen LogP contribution is 2.29. The van der Waals surface area contributed by atoms with Crippen molar-refractivity contribution in [3.05, 3.63) is 35.5 Å². The van der Waals surface area contributed by atoms with Crippen molar-refractivity contribution in [1.82, 2.24) is 9.78 Å². The summed E-state index contributed by atoms with van der Waals surface area (Å²) in [5, 5.41) is 12.8. The van der Waals surface area contributed by atoms with Crippen LogP contribution in [-0.2, 0) is 9.05 Å². The molecule has 0 N–H and O–H groups in total. The lowest BCUT2D eigenvalue weighted by Crippen LogP contribution is -2.07. The van der Waals surface area contributed by atoms with Gasteiger partial charge < -0.3 is 4.74 Å². The predicted molar refractivity (Wildman–Crippen MR) is 72.6 cm³/mol. The van der Waals surface area contributed by atoms with E-state index in [9.17, 15) is 8.42 Å². The lowest BCUT2D eigenvalue weighted by atomic mass is 10.3. The third-order valence-corrected chi connectivity index (χ3v) is 3.95. The summed E-state index contributed by atoms with van der Waals surface area (Å²) >= 11 is 0. The van der Waals surface area contributed by atoms with Crippen LogP contribution < -0.4 is 4.74 Å². The SMILES string of the molecule is COc1ccccc1-n1nc(C)c(C#N)c1S(=O)(=O)Cl. The number of aromatic nitrogens is 2. The largest absolute Gasteiger partial charge is 0.494 e. The number of nitrogens with zero attached hydrogens (tertiary/aromatic N) is 3. The fraction of sp³-hybridized carbons (Fsp3) is 0.167. The normalized spacial score (nSPS) is 11.1. The number of para-hydroxylation sites is 2. The Kier molecular flexibility index (Phi) is 3.70. The van der Waals surface area contributed by atoms with Crippen LogP contribution in [0.25, 0.3) is 5.69 Å². The van der Waals surface area contributed by atoms with Crippen LogP contribution in [0, 0.1) is 18.3 Å². The second kappa shape index (κ2) is 5.15. The summed E-state index contributed by atoms with van der Waals surface area (Å²) in [4.78, 5) is 0. The van der Waals surface area contributed by atoms with Crippen LogP contribution in [0.4, 0.5) is 0 Å². The second-order valence-electron chi connectivity index (χ2n) is 3.90. The number of halogens is 1. The Morgan fingerprint density at radius 2 is 2.05 bits per heavy atom. The molecular formula is C12H10ClN3O3S. The summed E-state index contributed by atoms with van der Waals surface area (Å²) in [6, 6.07) is 8.52. The Morgan fingerprint density at radius 1 is 1.40 bits per heavy atom. The molecule has 0 atom stereocenters. The standard InChI is InChI=1S/C12H10ClN3O3S/c1-8-9(7-14)12(20(13,17)18)16(15-8)10-5-3-4-6-11(10)19-2/h3-6H,1-2H3. The van der Waals surface area contributed by atoms with E-state index in [1.807, 2.05) is 6.07 Å². The topological polar surface area (TPSA) is 85.0 Å². The van der Waals surface area contributed by atoms with Crippen LogP contribution in [0.3, 0.4) is 0 Å². The van der Waals surface area contributed by atoms with Gasteiger partial charge in [-0.25, -0.2) is 13.1 Å². The summed E-state index contributed by atoms with van der Waals surface area (Å²) in [5.41, 5.74) is 0.586. The number of ether oxygens (including phenoxy) is 1. The molecule has 0 spiro atoms. The maximum absolute atomic E-state index is 11.7. The van der Waals surface area contributed by atoms with Gasteiger partial charge >= 0.3 is 0 Å². The quantitative estimate of drug-likeness (QED) is 0.809. The van der Waals surface area contributed by atoms with Crippen LogP contribution >= 0.6 is 10.7 Å². The monoisotopic (exact) mass is 311 g/mol. The molecule has 1 aromatic carbocycles. The van der Waals surface area contributed by atoms with Crippen LogP contribution in [0.2, 0.25) is 0 Å². The molecule has 1 heterocycles. The van der Waals surface area contributed by atoms with Crippen molar-refractivity contribution in [2.45, 2.75) is 11.9 Å². The van der Waals surface area contributed by atoms with Gasteiger partial charge in [0.1, 0.15) is 23.1 Å². The lowest BCUT2D eigenvalue weighted by molar-refractivity contribution is 0.410. The number of hydrogen-bond acceptors (Lipinski definition) is 5. The second-order valence-corrected chi connectivity index (χ2v) is 6.38. The summed E-state index contributed by atoms with van der Waals surface area (Å²) in [6.07, 6.45) is 0. The third-order valence-electron chi connectivity index (χ3n) is 2.67. The van der Waals surface area contributed by atoms with E-state index in [0.717, 1.165) is 4.68 Å². The smallest absolute Gasteiger partial charge is 0.280 e. The predicted octanol–water partition coefficient (Wildman–Crippen LogP) is 1.99. The minimum atomic E-state index is -4.13. The molecule has 0 aliphatic heterocycles. The first-order valence-electron chi connectivity index (χ1n) is 5.48. The molecule has 0 radical (unpaired) electrons. The molecule has 2 aromatic rings. The molecule has 0 aliphatic carbocycles. The number of methoxy groups -OCH3 is 1. The first-order chi connectivity index (χ1) is 9.40. The van der Waals surface area contributed by atoms with E-state index >= 15 is 0 Å². The maximum Gasteiger partial charge on any atom is 0.280 e. The average molecular weight is 312 g/mol. The molecule has 20 heavy (non-hydrogen) atoms. The fourth-order valence-corrected chi connectivity index (χ4v) is 3.04. The average Bonchev–Trinajstić information content (AvgIpc) is 2.75. The molecule has 1 aromatic heterocycles. The maximum atomic E-state index is 11.7. The number of hydrogen-bond donors (Lipinski definition) is 0. The van der Waals surface area contributed by atoms with Gasteiger partial charge in [-0.2, -0.15) is 10.4 Å².